The van der Waals surface area contributed by atoms with Gasteiger partial charge in [-0.2, -0.15) is 0 Å². The summed E-state index contributed by atoms with van der Waals surface area (Å²) in [6.07, 6.45) is 0. The molecule has 2 N–H and O–H groups in total. The molecule has 0 aliphatic rings. The minimum absolute atomic E-state index is 0.0405. The summed E-state index contributed by atoms with van der Waals surface area (Å²) in [4.78, 5) is 14.2. The smallest absolute Gasteiger partial charge is 0.168 e. The molecule has 5 aromatic carbocycles. The Morgan fingerprint density at radius 1 is 0.488 bits per heavy atom. The van der Waals surface area contributed by atoms with Gasteiger partial charge in [-0.15, -0.1) is 0 Å². The van der Waals surface area contributed by atoms with Gasteiger partial charge in [-0.3, -0.25) is 0 Å². The Bertz CT molecular complexity index is 1670. The van der Waals surface area contributed by atoms with Gasteiger partial charge < -0.3 is 19.7 Å². The van der Waals surface area contributed by atoms with Crippen LogP contribution in [0.25, 0.3) is 34.2 Å². The number of ether oxygens (including phenoxy) is 2. The molecule has 0 atom stereocenters. The summed E-state index contributed by atoms with van der Waals surface area (Å²) in [6.45, 7) is 1.78. The molecule has 7 heteroatoms. The Hall–Kier alpha value is -5.69. The number of aryl methyl sites for hydroxylation is 1. The highest BCUT2D eigenvalue weighted by atomic mass is 16.5. The molecule has 0 amide bonds. The highest BCUT2D eigenvalue weighted by Gasteiger charge is 2.18. The highest BCUT2D eigenvalue weighted by Crippen LogP contribution is 2.36. The fourth-order valence-corrected chi connectivity index (χ4v) is 4.38. The lowest BCUT2D eigenvalue weighted by Gasteiger charge is -2.12. The topological polar surface area (TPSA) is 97.6 Å². The third-order valence-electron chi connectivity index (χ3n) is 6.34. The number of rotatable bonds is 7. The van der Waals surface area contributed by atoms with Crippen LogP contribution in [0.15, 0.2) is 121 Å². The van der Waals surface area contributed by atoms with Crippen LogP contribution in [-0.2, 0) is 0 Å². The lowest BCUT2D eigenvalue weighted by atomic mass is 10.1. The van der Waals surface area contributed by atoms with Crippen LogP contribution in [0.4, 0.5) is 0 Å². The first-order chi connectivity index (χ1) is 20.0. The van der Waals surface area contributed by atoms with Crippen molar-refractivity contribution >= 4 is 0 Å². The normalized spacial score (nSPS) is 10.8. The third-order valence-corrected chi connectivity index (χ3v) is 6.34. The molecule has 1 heterocycles. The van der Waals surface area contributed by atoms with Crippen LogP contribution in [0.1, 0.15) is 5.56 Å². The zero-order chi connectivity index (χ0) is 28.2. The van der Waals surface area contributed by atoms with Gasteiger partial charge in [0.05, 0.1) is 5.56 Å². The largest absolute Gasteiger partial charge is 0.508 e. The van der Waals surface area contributed by atoms with Gasteiger partial charge in [0.2, 0.25) is 0 Å². The lowest BCUT2D eigenvalue weighted by Crippen LogP contribution is -2.01. The average Bonchev–Trinajstić information content (AvgIpc) is 2.98. The second-order valence-corrected chi connectivity index (χ2v) is 9.34. The van der Waals surface area contributed by atoms with E-state index in [-0.39, 0.29) is 17.3 Å². The van der Waals surface area contributed by atoms with Gasteiger partial charge in [-0.25, -0.2) is 15.0 Å². The molecule has 6 aromatic rings. The maximum Gasteiger partial charge on any atom is 0.168 e. The van der Waals surface area contributed by atoms with Crippen molar-refractivity contribution in [2.24, 2.45) is 0 Å². The predicted molar refractivity (Wildman–Crippen MR) is 157 cm³/mol. The molecule has 0 radical (unpaired) electrons. The fourth-order valence-electron chi connectivity index (χ4n) is 4.38. The Morgan fingerprint density at radius 3 is 1.34 bits per heavy atom. The molecule has 6 rings (SSSR count). The van der Waals surface area contributed by atoms with Crippen molar-refractivity contribution in [3.63, 3.8) is 0 Å². The van der Waals surface area contributed by atoms with Gasteiger partial charge in [-0.1, -0.05) is 36.4 Å². The van der Waals surface area contributed by atoms with Crippen LogP contribution < -0.4 is 9.47 Å². The summed E-state index contributed by atoms with van der Waals surface area (Å²) in [6, 6.07) is 36.8. The Labute approximate surface area is 237 Å². The molecule has 0 saturated carbocycles. The molecule has 0 aliphatic heterocycles. The van der Waals surface area contributed by atoms with Gasteiger partial charge in [0.25, 0.3) is 0 Å². The minimum atomic E-state index is -0.121. The second-order valence-electron chi connectivity index (χ2n) is 9.34. The number of aromatic hydroxyl groups is 2. The van der Waals surface area contributed by atoms with Crippen LogP contribution in [0, 0.1) is 6.92 Å². The number of phenolic OH excluding ortho intramolecular Hbond substituents is 2. The molecule has 0 saturated heterocycles. The van der Waals surface area contributed by atoms with E-state index in [0.29, 0.717) is 34.3 Å². The SMILES string of the molecule is Cc1cc(O)cc(O)c1-c1nc(-c2ccc(Oc3ccccc3)cc2)nc(-c2ccc(Oc3ccccc3)cc2)n1. The summed E-state index contributed by atoms with van der Waals surface area (Å²) >= 11 is 0. The zero-order valence-corrected chi connectivity index (χ0v) is 22.1. The zero-order valence-electron chi connectivity index (χ0n) is 22.1. The van der Waals surface area contributed by atoms with Crippen molar-refractivity contribution in [1.29, 1.82) is 0 Å². The Kier molecular flexibility index (Phi) is 6.99. The van der Waals surface area contributed by atoms with Crippen molar-refractivity contribution < 1.29 is 19.7 Å². The maximum absolute atomic E-state index is 10.7. The highest BCUT2D eigenvalue weighted by molar-refractivity contribution is 5.73. The number of hydrogen-bond acceptors (Lipinski definition) is 7. The fraction of sp³-hybridized carbons (Fsp3) is 0.0294. The number of aromatic nitrogens is 3. The number of benzene rings is 5. The maximum atomic E-state index is 10.7. The molecule has 1 aromatic heterocycles. The van der Waals surface area contributed by atoms with Crippen molar-refractivity contribution in [3.05, 3.63) is 127 Å². The Morgan fingerprint density at radius 2 is 0.902 bits per heavy atom. The van der Waals surface area contributed by atoms with Gasteiger partial charge >= 0.3 is 0 Å². The molecule has 0 spiro atoms. The van der Waals surface area contributed by atoms with E-state index in [1.54, 1.807) is 13.0 Å². The van der Waals surface area contributed by atoms with E-state index in [2.05, 4.69) is 0 Å². The summed E-state index contributed by atoms with van der Waals surface area (Å²) in [7, 11) is 0. The summed E-state index contributed by atoms with van der Waals surface area (Å²) in [5.74, 6) is 3.80. The van der Waals surface area contributed by atoms with Crippen molar-refractivity contribution in [3.8, 4) is 68.7 Å². The van der Waals surface area contributed by atoms with E-state index < -0.39 is 0 Å². The number of para-hydroxylation sites is 2. The average molecular weight is 540 g/mol. The quantitative estimate of drug-likeness (QED) is 0.211. The first-order valence-electron chi connectivity index (χ1n) is 13.0. The van der Waals surface area contributed by atoms with Crippen LogP contribution in [0.2, 0.25) is 0 Å². The van der Waals surface area contributed by atoms with Gasteiger partial charge in [-0.05, 0) is 91.3 Å². The van der Waals surface area contributed by atoms with E-state index in [1.807, 2.05) is 109 Å². The molecule has 41 heavy (non-hydrogen) atoms. The van der Waals surface area contributed by atoms with E-state index in [0.717, 1.165) is 22.6 Å². The van der Waals surface area contributed by atoms with Crippen molar-refractivity contribution in [1.82, 2.24) is 15.0 Å². The standard InChI is InChI=1S/C34H25N3O4/c1-22-20-25(38)21-30(39)31(22)34-36-32(23-12-16-28(17-13-23)40-26-8-4-2-5-9-26)35-33(37-34)24-14-18-29(19-15-24)41-27-10-6-3-7-11-27/h2-21,38-39H,1H3. The molecule has 200 valence electrons. The lowest BCUT2D eigenvalue weighted by molar-refractivity contribution is 0.451. The monoisotopic (exact) mass is 539 g/mol. The van der Waals surface area contributed by atoms with Crippen LogP contribution >= 0.6 is 0 Å². The second kappa shape index (κ2) is 11.2. The van der Waals surface area contributed by atoms with E-state index in [1.165, 1.54) is 6.07 Å². The molecule has 7 nitrogen and oxygen atoms in total. The van der Waals surface area contributed by atoms with E-state index >= 15 is 0 Å². The van der Waals surface area contributed by atoms with Crippen molar-refractivity contribution in [2.45, 2.75) is 6.92 Å². The summed E-state index contributed by atoms with van der Waals surface area (Å²) in [5, 5.41) is 20.7. The van der Waals surface area contributed by atoms with Crippen molar-refractivity contribution in [2.75, 3.05) is 0 Å². The first kappa shape index (κ1) is 25.6. The Balaban J connectivity index is 1.38. The molecule has 0 aliphatic carbocycles. The predicted octanol–water partition coefficient (Wildman–Crippen LogP) is 8.18. The number of nitrogens with zero attached hydrogens (tertiary/aromatic N) is 3. The molecule has 0 bridgehead atoms. The first-order valence-corrected chi connectivity index (χ1v) is 13.0. The van der Waals surface area contributed by atoms with E-state index in [9.17, 15) is 10.2 Å². The summed E-state index contributed by atoms with van der Waals surface area (Å²) in [5.41, 5.74) is 2.54. The molecule has 0 fully saturated rings. The number of phenols is 2. The molecular formula is C34H25N3O4. The molecule has 0 unspecified atom stereocenters. The third kappa shape index (κ3) is 5.84. The minimum Gasteiger partial charge on any atom is -0.508 e. The molecular weight excluding hydrogens is 514 g/mol. The van der Waals surface area contributed by atoms with Gasteiger partial charge in [0.15, 0.2) is 17.5 Å². The van der Waals surface area contributed by atoms with Gasteiger partial charge in [0.1, 0.15) is 34.5 Å². The van der Waals surface area contributed by atoms with Crippen LogP contribution in [-0.4, -0.2) is 25.2 Å². The van der Waals surface area contributed by atoms with E-state index in [4.69, 9.17) is 24.4 Å². The van der Waals surface area contributed by atoms with Crippen LogP contribution in [0.3, 0.4) is 0 Å². The van der Waals surface area contributed by atoms with Gasteiger partial charge in [0, 0.05) is 17.2 Å². The van der Waals surface area contributed by atoms with Crippen LogP contribution in [0.5, 0.6) is 34.5 Å². The summed E-state index contributed by atoms with van der Waals surface area (Å²) < 4.78 is 11.9. The number of hydrogen-bond donors (Lipinski definition) is 2.